The zero-order valence-electron chi connectivity index (χ0n) is 12.1. The summed E-state index contributed by atoms with van der Waals surface area (Å²) in [5.74, 6) is 0.775. The molecule has 2 fully saturated rings. The summed E-state index contributed by atoms with van der Waals surface area (Å²) in [6, 6.07) is 5.63. The van der Waals surface area contributed by atoms with Gasteiger partial charge in [-0.15, -0.1) is 12.4 Å². The van der Waals surface area contributed by atoms with Gasteiger partial charge in [-0.05, 0) is 36.6 Å². The smallest absolute Gasteiger partial charge is 0.311 e. The number of halogens is 1. The van der Waals surface area contributed by atoms with Crippen LogP contribution in [0.15, 0.2) is 18.2 Å². The predicted molar refractivity (Wildman–Crippen MR) is 81.3 cm³/mol. The zero-order valence-corrected chi connectivity index (χ0v) is 12.9. The Labute approximate surface area is 135 Å². The van der Waals surface area contributed by atoms with E-state index in [-0.39, 0.29) is 36.1 Å². The summed E-state index contributed by atoms with van der Waals surface area (Å²) in [7, 11) is 0. The number of fused-ring (bicyclic) bond motifs is 2. The second-order valence-electron chi connectivity index (χ2n) is 5.98. The monoisotopic (exact) mass is 323 g/mol. The minimum atomic E-state index is -0.158. The van der Waals surface area contributed by atoms with E-state index in [0.717, 1.165) is 30.8 Å². The highest BCUT2D eigenvalue weighted by Crippen LogP contribution is 2.32. The predicted octanol–water partition coefficient (Wildman–Crippen LogP) is 1.68. The van der Waals surface area contributed by atoms with Crippen LogP contribution in [0.2, 0.25) is 0 Å². The van der Waals surface area contributed by atoms with E-state index in [4.69, 9.17) is 9.47 Å². The molecule has 3 aliphatic rings. The van der Waals surface area contributed by atoms with Gasteiger partial charge in [0.05, 0.1) is 19.1 Å². The standard InChI is InChI=1S/C16H17NO4.ClH/c18-15(17-7-12-9-21-16(19)13(12)8-17)11-3-4-14-10(6-11)2-1-5-20-14;/h3-4,6,12-13H,1-2,5,7-9H2;1H/t12-,13-;/m1./s1. The lowest BCUT2D eigenvalue weighted by atomic mass is 10.0. The number of esters is 1. The molecule has 0 radical (unpaired) electrons. The van der Waals surface area contributed by atoms with E-state index in [9.17, 15) is 9.59 Å². The van der Waals surface area contributed by atoms with Gasteiger partial charge in [0.2, 0.25) is 0 Å². The molecule has 1 amide bonds. The quantitative estimate of drug-likeness (QED) is 0.738. The minimum Gasteiger partial charge on any atom is -0.493 e. The molecule has 2 saturated heterocycles. The molecule has 0 N–H and O–H groups in total. The molecule has 3 aliphatic heterocycles. The number of nitrogens with zero attached hydrogens (tertiary/aromatic N) is 1. The van der Waals surface area contributed by atoms with Gasteiger partial charge in [0.25, 0.3) is 5.91 Å². The van der Waals surface area contributed by atoms with Crippen LogP contribution >= 0.6 is 12.4 Å². The Balaban J connectivity index is 0.00000144. The molecule has 5 nitrogen and oxygen atoms in total. The second kappa shape index (κ2) is 5.80. The number of hydrogen-bond donors (Lipinski definition) is 0. The number of ether oxygens (including phenoxy) is 2. The lowest BCUT2D eigenvalue weighted by Gasteiger charge is -2.20. The van der Waals surface area contributed by atoms with E-state index >= 15 is 0 Å². The molecule has 3 heterocycles. The summed E-state index contributed by atoms with van der Waals surface area (Å²) < 4.78 is 10.6. The Morgan fingerprint density at radius 3 is 2.91 bits per heavy atom. The molecule has 0 aliphatic carbocycles. The minimum absolute atomic E-state index is 0. The Kier molecular flexibility index (Phi) is 4.00. The van der Waals surface area contributed by atoms with E-state index < -0.39 is 0 Å². The van der Waals surface area contributed by atoms with E-state index in [2.05, 4.69) is 0 Å². The van der Waals surface area contributed by atoms with Crippen molar-refractivity contribution in [3.8, 4) is 5.75 Å². The van der Waals surface area contributed by atoms with Crippen molar-refractivity contribution >= 4 is 24.3 Å². The fourth-order valence-corrected chi connectivity index (χ4v) is 3.45. The summed E-state index contributed by atoms with van der Waals surface area (Å²) in [6.07, 6.45) is 1.94. The van der Waals surface area contributed by atoms with E-state index in [0.29, 0.717) is 25.3 Å². The highest BCUT2D eigenvalue weighted by Gasteiger charge is 2.45. The van der Waals surface area contributed by atoms with Crippen LogP contribution in [-0.4, -0.2) is 43.1 Å². The number of benzene rings is 1. The van der Waals surface area contributed by atoms with Crippen LogP contribution in [-0.2, 0) is 16.0 Å². The van der Waals surface area contributed by atoms with Gasteiger partial charge in [0.1, 0.15) is 5.75 Å². The van der Waals surface area contributed by atoms with Crippen LogP contribution in [0.5, 0.6) is 5.75 Å². The number of cyclic esters (lactones) is 1. The van der Waals surface area contributed by atoms with E-state index in [1.165, 1.54) is 0 Å². The Morgan fingerprint density at radius 1 is 1.23 bits per heavy atom. The van der Waals surface area contributed by atoms with Crippen molar-refractivity contribution in [2.45, 2.75) is 12.8 Å². The van der Waals surface area contributed by atoms with Crippen LogP contribution in [0, 0.1) is 11.8 Å². The van der Waals surface area contributed by atoms with Gasteiger partial charge in [0, 0.05) is 24.6 Å². The third kappa shape index (κ3) is 2.43. The average Bonchev–Trinajstić information content (AvgIpc) is 3.08. The molecule has 6 heteroatoms. The van der Waals surface area contributed by atoms with Crippen molar-refractivity contribution < 1.29 is 19.1 Å². The van der Waals surface area contributed by atoms with Crippen LogP contribution in [0.1, 0.15) is 22.3 Å². The highest BCUT2D eigenvalue weighted by atomic mass is 35.5. The molecule has 118 valence electrons. The van der Waals surface area contributed by atoms with Crippen molar-refractivity contribution in [3.63, 3.8) is 0 Å². The molecule has 1 aromatic carbocycles. The molecule has 4 rings (SSSR count). The lowest BCUT2D eigenvalue weighted by Crippen LogP contribution is -2.31. The first-order chi connectivity index (χ1) is 10.2. The Bertz CT molecular complexity index is 618. The molecular formula is C16H18ClNO4. The van der Waals surface area contributed by atoms with Gasteiger partial charge in [0.15, 0.2) is 0 Å². The maximum Gasteiger partial charge on any atom is 0.311 e. The third-order valence-corrected chi connectivity index (χ3v) is 4.63. The van der Waals surface area contributed by atoms with Crippen LogP contribution < -0.4 is 4.74 Å². The van der Waals surface area contributed by atoms with Gasteiger partial charge in [-0.25, -0.2) is 0 Å². The maximum absolute atomic E-state index is 12.6. The molecular weight excluding hydrogens is 306 g/mol. The first kappa shape index (κ1) is 15.2. The van der Waals surface area contributed by atoms with E-state index in [1.54, 1.807) is 4.90 Å². The number of likely N-dealkylation sites (tertiary alicyclic amines) is 1. The van der Waals surface area contributed by atoms with Crippen molar-refractivity contribution in [2.24, 2.45) is 11.8 Å². The third-order valence-electron chi connectivity index (χ3n) is 4.63. The number of carbonyl (C=O) groups excluding carboxylic acids is 2. The van der Waals surface area contributed by atoms with Crippen molar-refractivity contribution in [3.05, 3.63) is 29.3 Å². The molecule has 0 aromatic heterocycles. The first-order valence-corrected chi connectivity index (χ1v) is 7.44. The van der Waals surface area contributed by atoms with Gasteiger partial charge in [-0.3, -0.25) is 9.59 Å². The van der Waals surface area contributed by atoms with Gasteiger partial charge in [-0.2, -0.15) is 0 Å². The summed E-state index contributed by atoms with van der Waals surface area (Å²) in [6.45, 7) is 2.29. The number of aryl methyl sites for hydroxylation is 1. The number of amides is 1. The Hall–Kier alpha value is -1.75. The number of hydrogen-bond acceptors (Lipinski definition) is 4. The van der Waals surface area contributed by atoms with Crippen molar-refractivity contribution in [2.75, 3.05) is 26.3 Å². The van der Waals surface area contributed by atoms with Crippen LogP contribution in [0.4, 0.5) is 0 Å². The SMILES string of the molecule is Cl.O=C1OC[C@H]2CN(C(=O)c3ccc4c(c3)CCCO4)C[C@@H]12. The van der Waals surface area contributed by atoms with Crippen molar-refractivity contribution in [1.82, 2.24) is 4.90 Å². The van der Waals surface area contributed by atoms with Crippen LogP contribution in [0.3, 0.4) is 0 Å². The van der Waals surface area contributed by atoms with Gasteiger partial charge in [-0.1, -0.05) is 0 Å². The summed E-state index contributed by atoms with van der Waals surface area (Å²) in [4.78, 5) is 26.0. The maximum atomic E-state index is 12.6. The number of carbonyl (C=O) groups is 2. The Morgan fingerprint density at radius 2 is 2.09 bits per heavy atom. The number of rotatable bonds is 1. The molecule has 0 spiro atoms. The largest absolute Gasteiger partial charge is 0.493 e. The fourth-order valence-electron chi connectivity index (χ4n) is 3.45. The first-order valence-electron chi connectivity index (χ1n) is 7.44. The average molecular weight is 324 g/mol. The molecule has 2 atom stereocenters. The highest BCUT2D eigenvalue weighted by molar-refractivity contribution is 5.95. The molecule has 0 unspecified atom stereocenters. The normalized spacial score (nSPS) is 25.6. The molecule has 22 heavy (non-hydrogen) atoms. The summed E-state index contributed by atoms with van der Waals surface area (Å²) in [5, 5.41) is 0. The summed E-state index contributed by atoms with van der Waals surface area (Å²) >= 11 is 0. The van der Waals surface area contributed by atoms with E-state index in [1.807, 2.05) is 18.2 Å². The lowest BCUT2D eigenvalue weighted by molar-refractivity contribution is -0.141. The fraction of sp³-hybridized carbons (Fsp3) is 0.500. The molecule has 0 saturated carbocycles. The molecule has 0 bridgehead atoms. The summed E-state index contributed by atoms with van der Waals surface area (Å²) in [5.41, 5.74) is 1.79. The van der Waals surface area contributed by atoms with Crippen molar-refractivity contribution in [1.29, 1.82) is 0 Å². The topological polar surface area (TPSA) is 55.8 Å². The zero-order chi connectivity index (χ0) is 14.4. The van der Waals surface area contributed by atoms with Gasteiger partial charge >= 0.3 is 5.97 Å². The van der Waals surface area contributed by atoms with Gasteiger partial charge < -0.3 is 14.4 Å². The second-order valence-corrected chi connectivity index (χ2v) is 5.98. The molecule has 1 aromatic rings. The van der Waals surface area contributed by atoms with Crippen LogP contribution in [0.25, 0.3) is 0 Å².